The summed E-state index contributed by atoms with van der Waals surface area (Å²) < 4.78 is 5.39. The molecule has 0 aliphatic heterocycles. The van der Waals surface area contributed by atoms with Crippen molar-refractivity contribution in [3.63, 3.8) is 0 Å². The lowest BCUT2D eigenvalue weighted by molar-refractivity contribution is -0.157. The van der Waals surface area contributed by atoms with Crippen LogP contribution in [0.3, 0.4) is 0 Å². The molecule has 1 aromatic rings. The largest absolute Gasteiger partial charge is 0.458 e. The molecule has 1 aromatic carbocycles. The Kier molecular flexibility index (Phi) is 4.50. The summed E-state index contributed by atoms with van der Waals surface area (Å²) in [6.45, 7) is 5.41. The van der Waals surface area contributed by atoms with Crippen molar-refractivity contribution in [3.05, 3.63) is 35.9 Å². The van der Waals surface area contributed by atoms with Gasteiger partial charge in [-0.05, 0) is 39.2 Å². The van der Waals surface area contributed by atoms with E-state index < -0.39 is 17.6 Å². The zero-order valence-corrected chi connectivity index (χ0v) is 12.7. The fourth-order valence-electron chi connectivity index (χ4n) is 1.87. The molecule has 1 aliphatic carbocycles. The van der Waals surface area contributed by atoms with Gasteiger partial charge >= 0.3 is 12.0 Å². The molecule has 1 aliphatic rings. The van der Waals surface area contributed by atoms with Crippen LogP contribution in [-0.4, -0.2) is 23.6 Å². The molecule has 0 saturated heterocycles. The van der Waals surface area contributed by atoms with E-state index in [-0.39, 0.29) is 12.1 Å². The van der Waals surface area contributed by atoms with Crippen LogP contribution in [-0.2, 0) is 9.53 Å². The highest BCUT2D eigenvalue weighted by Crippen LogP contribution is 2.20. The molecule has 1 fully saturated rings. The number of hydrogen-bond donors (Lipinski definition) is 2. The van der Waals surface area contributed by atoms with E-state index in [9.17, 15) is 9.59 Å². The highest BCUT2D eigenvalue weighted by Gasteiger charge is 2.30. The van der Waals surface area contributed by atoms with E-state index in [2.05, 4.69) is 10.6 Å². The van der Waals surface area contributed by atoms with Gasteiger partial charge in [0.15, 0.2) is 6.04 Å². The predicted molar refractivity (Wildman–Crippen MR) is 79.7 cm³/mol. The van der Waals surface area contributed by atoms with Crippen LogP contribution in [0.2, 0.25) is 0 Å². The lowest BCUT2D eigenvalue weighted by atomic mass is 10.1. The summed E-state index contributed by atoms with van der Waals surface area (Å²) in [5.41, 5.74) is 0.108. The zero-order valence-electron chi connectivity index (χ0n) is 12.7. The lowest BCUT2D eigenvalue weighted by Crippen LogP contribution is -2.43. The minimum atomic E-state index is -0.802. The number of benzene rings is 1. The van der Waals surface area contributed by atoms with Gasteiger partial charge in [0, 0.05) is 6.04 Å². The molecule has 0 aromatic heterocycles. The van der Waals surface area contributed by atoms with Crippen molar-refractivity contribution < 1.29 is 14.3 Å². The van der Waals surface area contributed by atoms with E-state index in [0.717, 1.165) is 12.8 Å². The molecule has 2 amide bonds. The van der Waals surface area contributed by atoms with Gasteiger partial charge in [0.2, 0.25) is 0 Å². The van der Waals surface area contributed by atoms with Crippen LogP contribution in [0.1, 0.15) is 45.2 Å². The molecular weight excluding hydrogens is 268 g/mol. The average Bonchev–Trinajstić information content (AvgIpc) is 3.18. The Morgan fingerprint density at radius 1 is 1.19 bits per heavy atom. The third-order valence-corrected chi connectivity index (χ3v) is 2.96. The maximum Gasteiger partial charge on any atom is 0.333 e. The van der Waals surface area contributed by atoms with E-state index >= 15 is 0 Å². The topological polar surface area (TPSA) is 67.4 Å². The first-order valence-corrected chi connectivity index (χ1v) is 7.20. The monoisotopic (exact) mass is 290 g/mol. The maximum absolute atomic E-state index is 12.3. The molecule has 2 rings (SSSR count). The Balaban J connectivity index is 2.09. The number of nitrogens with one attached hydrogen (secondary N) is 2. The van der Waals surface area contributed by atoms with Gasteiger partial charge in [0.05, 0.1) is 0 Å². The number of urea groups is 1. The molecule has 5 heteroatoms. The van der Waals surface area contributed by atoms with Crippen LogP contribution in [0.25, 0.3) is 0 Å². The fourth-order valence-corrected chi connectivity index (χ4v) is 1.87. The summed E-state index contributed by atoms with van der Waals surface area (Å²) in [7, 11) is 0. The van der Waals surface area contributed by atoms with Gasteiger partial charge in [-0.3, -0.25) is 0 Å². The summed E-state index contributed by atoms with van der Waals surface area (Å²) in [5.74, 6) is -0.459. The number of carbonyl (C=O) groups excluding carboxylic acids is 2. The van der Waals surface area contributed by atoms with Crippen LogP contribution >= 0.6 is 0 Å². The molecule has 1 atom stereocenters. The van der Waals surface area contributed by atoms with E-state index in [4.69, 9.17) is 4.74 Å². The van der Waals surface area contributed by atoms with Crippen molar-refractivity contribution in [2.24, 2.45) is 0 Å². The first kappa shape index (κ1) is 15.4. The number of hydrogen-bond acceptors (Lipinski definition) is 3. The van der Waals surface area contributed by atoms with Crippen molar-refractivity contribution in [2.75, 3.05) is 0 Å². The molecule has 0 heterocycles. The first-order valence-electron chi connectivity index (χ1n) is 7.20. The van der Waals surface area contributed by atoms with Gasteiger partial charge in [-0.25, -0.2) is 9.59 Å². The van der Waals surface area contributed by atoms with Crippen molar-refractivity contribution in [2.45, 2.75) is 51.3 Å². The second-order valence-corrected chi connectivity index (χ2v) is 6.27. The Morgan fingerprint density at radius 3 is 2.33 bits per heavy atom. The van der Waals surface area contributed by atoms with Crippen molar-refractivity contribution in [3.8, 4) is 0 Å². The van der Waals surface area contributed by atoms with Gasteiger partial charge in [0.25, 0.3) is 0 Å². The quantitative estimate of drug-likeness (QED) is 0.837. The van der Waals surface area contributed by atoms with Crippen LogP contribution in [0, 0.1) is 0 Å². The van der Waals surface area contributed by atoms with Gasteiger partial charge in [0.1, 0.15) is 5.60 Å². The predicted octanol–water partition coefficient (Wildman–Crippen LogP) is 2.53. The highest BCUT2D eigenvalue weighted by molar-refractivity contribution is 5.85. The summed E-state index contributed by atoms with van der Waals surface area (Å²) >= 11 is 0. The molecule has 2 N–H and O–H groups in total. The van der Waals surface area contributed by atoms with E-state index in [1.54, 1.807) is 32.9 Å². The Bertz CT molecular complexity index is 504. The number of ether oxygens (including phenoxy) is 1. The van der Waals surface area contributed by atoms with Crippen molar-refractivity contribution in [1.29, 1.82) is 0 Å². The number of amides is 2. The molecule has 0 spiro atoms. The zero-order chi connectivity index (χ0) is 15.5. The Hall–Kier alpha value is -2.04. The molecule has 21 heavy (non-hydrogen) atoms. The first-order chi connectivity index (χ1) is 9.85. The van der Waals surface area contributed by atoms with E-state index in [0.29, 0.717) is 5.56 Å². The average molecular weight is 290 g/mol. The third kappa shape index (κ3) is 5.10. The van der Waals surface area contributed by atoms with Gasteiger partial charge < -0.3 is 15.4 Å². The number of rotatable bonds is 4. The molecule has 114 valence electrons. The smallest absolute Gasteiger partial charge is 0.333 e. The summed E-state index contributed by atoms with van der Waals surface area (Å²) in [6.07, 6.45) is 1.99. The van der Waals surface area contributed by atoms with E-state index in [1.165, 1.54) is 0 Å². The van der Waals surface area contributed by atoms with Crippen LogP contribution in [0.4, 0.5) is 4.79 Å². The van der Waals surface area contributed by atoms with Crippen LogP contribution in [0.15, 0.2) is 30.3 Å². The second kappa shape index (κ2) is 6.16. The summed E-state index contributed by atoms with van der Waals surface area (Å²) in [6, 6.07) is 8.21. The summed E-state index contributed by atoms with van der Waals surface area (Å²) in [4.78, 5) is 24.2. The highest BCUT2D eigenvalue weighted by atomic mass is 16.6. The van der Waals surface area contributed by atoms with E-state index in [1.807, 2.05) is 18.2 Å². The van der Waals surface area contributed by atoms with Gasteiger partial charge in [-0.15, -0.1) is 0 Å². The minimum Gasteiger partial charge on any atom is -0.458 e. The molecule has 1 saturated carbocycles. The Morgan fingerprint density at radius 2 is 1.81 bits per heavy atom. The lowest BCUT2D eigenvalue weighted by Gasteiger charge is -2.25. The number of esters is 1. The fraction of sp³-hybridized carbons (Fsp3) is 0.500. The third-order valence-electron chi connectivity index (χ3n) is 2.96. The molecular formula is C16H22N2O3. The van der Waals surface area contributed by atoms with Crippen LogP contribution in [0.5, 0.6) is 0 Å². The molecule has 0 unspecified atom stereocenters. The van der Waals surface area contributed by atoms with Gasteiger partial charge in [-0.1, -0.05) is 30.3 Å². The normalized spacial score (nSPS) is 16.0. The van der Waals surface area contributed by atoms with Crippen LogP contribution < -0.4 is 10.6 Å². The standard InChI is InChI=1S/C16H22N2O3/c1-16(2,3)21-14(19)13(11-7-5-4-6-8-11)18-15(20)17-12-9-10-12/h4-8,12-13H,9-10H2,1-3H3,(H2,17,18,20)/t13-/m0/s1. The molecule has 5 nitrogen and oxygen atoms in total. The molecule has 0 radical (unpaired) electrons. The maximum atomic E-state index is 12.3. The molecule has 0 bridgehead atoms. The van der Waals surface area contributed by atoms with Crippen molar-refractivity contribution in [1.82, 2.24) is 10.6 Å². The minimum absolute atomic E-state index is 0.236. The second-order valence-electron chi connectivity index (χ2n) is 6.27. The number of carbonyl (C=O) groups is 2. The Labute approximate surface area is 125 Å². The SMILES string of the molecule is CC(C)(C)OC(=O)[C@@H](NC(=O)NC1CC1)c1ccccc1. The van der Waals surface area contributed by atoms with Crippen molar-refractivity contribution >= 4 is 12.0 Å². The summed E-state index contributed by atoms with van der Waals surface area (Å²) in [5, 5.41) is 5.52. The van der Waals surface area contributed by atoms with Gasteiger partial charge in [-0.2, -0.15) is 0 Å².